The molecule has 0 saturated heterocycles. The third-order valence-corrected chi connectivity index (χ3v) is 6.71. The summed E-state index contributed by atoms with van der Waals surface area (Å²) in [7, 11) is -3.51. The van der Waals surface area contributed by atoms with Crippen LogP contribution < -0.4 is 4.72 Å². The standard InChI is InChI=1S/C27H23N3O2S/c31-33(32,20-22-11-5-2-6-12-22)29-24-17-15-23(16-18-24)27-28-25-13-7-8-14-26(25)30(27)19-21-9-3-1-4-10-21/h1-18,29H,19-20H2. The number of benzene rings is 4. The Kier molecular flexibility index (Phi) is 5.67. The molecule has 0 spiro atoms. The van der Waals surface area contributed by atoms with Gasteiger partial charge >= 0.3 is 0 Å². The molecule has 0 aliphatic rings. The van der Waals surface area contributed by atoms with Crippen molar-refractivity contribution >= 4 is 26.7 Å². The van der Waals surface area contributed by atoms with Crippen LogP contribution >= 0.6 is 0 Å². The van der Waals surface area contributed by atoms with Crippen LogP contribution in [0.2, 0.25) is 0 Å². The monoisotopic (exact) mass is 453 g/mol. The summed E-state index contributed by atoms with van der Waals surface area (Å²) in [6.45, 7) is 0.697. The highest BCUT2D eigenvalue weighted by molar-refractivity contribution is 7.91. The Bertz CT molecular complexity index is 1480. The minimum absolute atomic E-state index is 0.0670. The van der Waals surface area contributed by atoms with E-state index in [0.717, 1.165) is 28.0 Å². The second-order valence-corrected chi connectivity index (χ2v) is 9.64. The van der Waals surface area contributed by atoms with E-state index in [4.69, 9.17) is 4.98 Å². The molecule has 6 heteroatoms. The van der Waals surface area contributed by atoms with Gasteiger partial charge in [-0.3, -0.25) is 4.72 Å². The number of fused-ring (bicyclic) bond motifs is 1. The lowest BCUT2D eigenvalue weighted by atomic mass is 10.2. The molecule has 5 rings (SSSR count). The lowest BCUT2D eigenvalue weighted by molar-refractivity contribution is 0.600. The Labute approximate surface area is 193 Å². The van der Waals surface area contributed by atoms with Gasteiger partial charge in [0.15, 0.2) is 0 Å². The van der Waals surface area contributed by atoms with E-state index >= 15 is 0 Å². The molecule has 5 aromatic rings. The van der Waals surface area contributed by atoms with E-state index in [-0.39, 0.29) is 5.75 Å². The molecule has 0 amide bonds. The summed E-state index contributed by atoms with van der Waals surface area (Å²) in [5.74, 6) is 0.779. The number of nitrogens with one attached hydrogen (secondary N) is 1. The van der Waals surface area contributed by atoms with Gasteiger partial charge in [0.05, 0.1) is 16.8 Å². The summed E-state index contributed by atoms with van der Waals surface area (Å²) in [6.07, 6.45) is 0. The highest BCUT2D eigenvalue weighted by atomic mass is 32.2. The van der Waals surface area contributed by atoms with Crippen LogP contribution in [0.3, 0.4) is 0 Å². The van der Waals surface area contributed by atoms with Crippen molar-refractivity contribution in [2.24, 2.45) is 0 Å². The molecule has 164 valence electrons. The van der Waals surface area contributed by atoms with Crippen LogP contribution in [0.25, 0.3) is 22.4 Å². The number of para-hydroxylation sites is 2. The molecule has 0 radical (unpaired) electrons. The predicted molar refractivity (Wildman–Crippen MR) is 133 cm³/mol. The smallest absolute Gasteiger partial charge is 0.236 e. The third kappa shape index (κ3) is 4.81. The second-order valence-electron chi connectivity index (χ2n) is 7.92. The van der Waals surface area contributed by atoms with E-state index in [9.17, 15) is 8.42 Å². The average Bonchev–Trinajstić information content (AvgIpc) is 3.19. The van der Waals surface area contributed by atoms with E-state index < -0.39 is 10.0 Å². The maximum atomic E-state index is 12.6. The number of hydrogen-bond donors (Lipinski definition) is 1. The second kappa shape index (κ2) is 8.92. The van der Waals surface area contributed by atoms with Crippen LogP contribution in [-0.2, 0) is 22.3 Å². The first kappa shape index (κ1) is 21.0. The zero-order chi connectivity index (χ0) is 22.7. The molecule has 0 aliphatic heterocycles. The summed E-state index contributed by atoms with van der Waals surface area (Å²) >= 11 is 0. The Morgan fingerprint density at radius 2 is 1.30 bits per heavy atom. The zero-order valence-electron chi connectivity index (χ0n) is 17.9. The number of rotatable bonds is 7. The molecule has 0 unspecified atom stereocenters. The van der Waals surface area contributed by atoms with Gasteiger partial charge in [0.25, 0.3) is 0 Å². The predicted octanol–water partition coefficient (Wildman–Crippen LogP) is 5.69. The number of aromatic nitrogens is 2. The first-order valence-corrected chi connectivity index (χ1v) is 12.4. The third-order valence-electron chi connectivity index (χ3n) is 5.45. The maximum Gasteiger partial charge on any atom is 0.236 e. The van der Waals surface area contributed by atoms with Crippen LogP contribution in [0.4, 0.5) is 5.69 Å². The van der Waals surface area contributed by atoms with Gasteiger partial charge in [0.2, 0.25) is 10.0 Å². The minimum Gasteiger partial charge on any atom is -0.319 e. The average molecular weight is 454 g/mol. The quantitative estimate of drug-likeness (QED) is 0.344. The molecule has 0 fully saturated rings. The van der Waals surface area contributed by atoms with E-state index in [1.54, 1.807) is 24.3 Å². The molecule has 1 heterocycles. The van der Waals surface area contributed by atoms with Crippen LogP contribution in [0.5, 0.6) is 0 Å². The topological polar surface area (TPSA) is 64.0 Å². The van der Waals surface area contributed by atoms with Gasteiger partial charge in [-0.25, -0.2) is 13.4 Å². The summed E-state index contributed by atoms with van der Waals surface area (Å²) in [4.78, 5) is 4.86. The number of anilines is 1. The Morgan fingerprint density at radius 1 is 0.697 bits per heavy atom. The first-order chi connectivity index (χ1) is 16.1. The van der Waals surface area contributed by atoms with Crippen molar-refractivity contribution in [2.75, 3.05) is 4.72 Å². The first-order valence-electron chi connectivity index (χ1n) is 10.7. The van der Waals surface area contributed by atoms with Crippen molar-refractivity contribution in [3.05, 3.63) is 120 Å². The van der Waals surface area contributed by atoms with E-state index in [0.29, 0.717) is 12.2 Å². The van der Waals surface area contributed by atoms with Crippen molar-refractivity contribution in [1.82, 2.24) is 9.55 Å². The molecule has 5 nitrogen and oxygen atoms in total. The Morgan fingerprint density at radius 3 is 2.00 bits per heavy atom. The molecule has 0 aliphatic carbocycles. The van der Waals surface area contributed by atoms with Gasteiger partial charge in [-0.15, -0.1) is 0 Å². The maximum absolute atomic E-state index is 12.6. The number of nitrogens with zero attached hydrogens (tertiary/aromatic N) is 2. The normalized spacial score (nSPS) is 11.5. The highest BCUT2D eigenvalue weighted by Gasteiger charge is 2.15. The lowest BCUT2D eigenvalue weighted by Crippen LogP contribution is -2.15. The van der Waals surface area contributed by atoms with Gasteiger partial charge in [-0.2, -0.15) is 0 Å². The van der Waals surface area contributed by atoms with Crippen molar-refractivity contribution < 1.29 is 8.42 Å². The number of imidazole rings is 1. The molecular weight excluding hydrogens is 430 g/mol. The van der Waals surface area contributed by atoms with Crippen molar-refractivity contribution in [1.29, 1.82) is 0 Å². The fourth-order valence-electron chi connectivity index (χ4n) is 3.92. The molecule has 1 aromatic heterocycles. The van der Waals surface area contributed by atoms with Crippen LogP contribution in [0.15, 0.2) is 109 Å². The SMILES string of the molecule is O=S(=O)(Cc1ccccc1)Nc1ccc(-c2nc3ccccc3n2Cc2ccccc2)cc1. The van der Waals surface area contributed by atoms with Crippen molar-refractivity contribution in [2.45, 2.75) is 12.3 Å². The van der Waals surface area contributed by atoms with Gasteiger partial charge in [0.1, 0.15) is 5.82 Å². The number of hydrogen-bond acceptors (Lipinski definition) is 3. The fourth-order valence-corrected chi connectivity index (χ4v) is 5.12. The van der Waals surface area contributed by atoms with Crippen LogP contribution in [0, 0.1) is 0 Å². The summed E-state index contributed by atoms with van der Waals surface area (Å²) in [5.41, 5.74) is 5.37. The molecule has 33 heavy (non-hydrogen) atoms. The van der Waals surface area contributed by atoms with E-state index in [1.165, 1.54) is 5.56 Å². The molecule has 1 N–H and O–H groups in total. The Hall–Kier alpha value is -3.90. The molecule has 0 bridgehead atoms. The molecular formula is C27H23N3O2S. The summed E-state index contributed by atoms with van der Waals surface area (Å²) in [5, 5.41) is 0. The van der Waals surface area contributed by atoms with Crippen molar-refractivity contribution in [3.63, 3.8) is 0 Å². The van der Waals surface area contributed by atoms with Gasteiger partial charge < -0.3 is 4.57 Å². The largest absolute Gasteiger partial charge is 0.319 e. The van der Waals surface area contributed by atoms with Gasteiger partial charge in [-0.05, 0) is 47.5 Å². The van der Waals surface area contributed by atoms with Crippen LogP contribution in [0.1, 0.15) is 11.1 Å². The highest BCUT2D eigenvalue weighted by Crippen LogP contribution is 2.27. The lowest BCUT2D eigenvalue weighted by Gasteiger charge is -2.11. The van der Waals surface area contributed by atoms with Gasteiger partial charge in [0, 0.05) is 17.8 Å². The van der Waals surface area contributed by atoms with Crippen molar-refractivity contribution in [3.8, 4) is 11.4 Å². The van der Waals surface area contributed by atoms with E-state index in [2.05, 4.69) is 27.5 Å². The Balaban J connectivity index is 1.43. The van der Waals surface area contributed by atoms with E-state index in [1.807, 2.05) is 66.7 Å². The summed E-state index contributed by atoms with van der Waals surface area (Å²) < 4.78 is 30.0. The summed E-state index contributed by atoms with van der Waals surface area (Å²) in [6, 6.07) is 34.9. The molecule has 0 saturated carbocycles. The van der Waals surface area contributed by atoms with Gasteiger partial charge in [-0.1, -0.05) is 72.8 Å². The molecule has 4 aromatic carbocycles. The minimum atomic E-state index is -3.51. The molecule has 0 atom stereocenters. The van der Waals surface area contributed by atoms with Crippen LogP contribution in [-0.4, -0.2) is 18.0 Å². The zero-order valence-corrected chi connectivity index (χ0v) is 18.7. The number of sulfonamides is 1. The fraction of sp³-hybridized carbons (Fsp3) is 0.0741.